The van der Waals surface area contributed by atoms with Gasteiger partial charge in [0.15, 0.2) is 11.5 Å². The molecule has 0 amide bonds. The second-order valence-corrected chi connectivity index (χ2v) is 3.57. The smallest absolute Gasteiger partial charge is 0.337 e. The zero-order valence-electron chi connectivity index (χ0n) is 7.74. The minimum Gasteiger partial charge on any atom is -0.504 e. The molecular formula is C9H8Cl2O4. The summed E-state index contributed by atoms with van der Waals surface area (Å²) < 4.78 is 9.31. The van der Waals surface area contributed by atoms with E-state index in [0.717, 1.165) is 0 Å². The molecule has 0 unspecified atom stereocenters. The molecule has 0 aliphatic rings. The minimum absolute atomic E-state index is 0.0950. The Bertz CT molecular complexity index is 365. The zero-order chi connectivity index (χ0) is 11.4. The summed E-state index contributed by atoms with van der Waals surface area (Å²) in [5.74, 6) is -0.688. The van der Waals surface area contributed by atoms with Gasteiger partial charge in [-0.15, -0.1) is 0 Å². The van der Waals surface area contributed by atoms with Gasteiger partial charge in [0.2, 0.25) is 5.02 Å². The van der Waals surface area contributed by atoms with E-state index in [9.17, 15) is 9.90 Å². The summed E-state index contributed by atoms with van der Waals surface area (Å²) >= 11 is 10.7. The van der Waals surface area contributed by atoms with Crippen molar-refractivity contribution >= 4 is 29.2 Å². The molecule has 15 heavy (non-hydrogen) atoms. The number of esters is 1. The summed E-state index contributed by atoms with van der Waals surface area (Å²) in [4.78, 5) is 11.1. The molecule has 1 N–H and O–H groups in total. The zero-order valence-corrected chi connectivity index (χ0v) is 9.25. The molecule has 0 radical (unpaired) electrons. The SMILES string of the molecule is COC(=O)c1ccc(OC(Cl)Cl)c(O)c1. The number of carbonyl (C=O) groups is 1. The summed E-state index contributed by atoms with van der Waals surface area (Å²) in [6.07, 6.45) is 0. The van der Waals surface area contributed by atoms with Gasteiger partial charge in [0.05, 0.1) is 12.7 Å². The number of ether oxygens (including phenoxy) is 2. The fraction of sp³-hybridized carbons (Fsp3) is 0.222. The highest BCUT2D eigenvalue weighted by atomic mass is 35.5. The first-order valence-corrected chi connectivity index (χ1v) is 4.78. The van der Waals surface area contributed by atoms with Gasteiger partial charge < -0.3 is 14.6 Å². The van der Waals surface area contributed by atoms with Crippen molar-refractivity contribution in [2.24, 2.45) is 0 Å². The molecule has 1 rings (SSSR count). The Kier molecular flexibility index (Phi) is 4.05. The van der Waals surface area contributed by atoms with E-state index in [1.165, 1.54) is 25.3 Å². The molecule has 0 saturated carbocycles. The Morgan fingerprint density at radius 2 is 2.13 bits per heavy atom. The van der Waals surface area contributed by atoms with Crippen molar-refractivity contribution < 1.29 is 19.4 Å². The van der Waals surface area contributed by atoms with Gasteiger partial charge in [-0.2, -0.15) is 0 Å². The van der Waals surface area contributed by atoms with Crippen LogP contribution in [0.1, 0.15) is 10.4 Å². The molecule has 6 heteroatoms. The van der Waals surface area contributed by atoms with Gasteiger partial charge in [-0.1, -0.05) is 23.2 Å². The van der Waals surface area contributed by atoms with E-state index in [-0.39, 0.29) is 17.1 Å². The Morgan fingerprint density at radius 3 is 2.60 bits per heavy atom. The summed E-state index contributed by atoms with van der Waals surface area (Å²) in [5, 5.41) is 8.35. The number of halogens is 2. The predicted octanol–water partition coefficient (Wildman–Crippen LogP) is 2.32. The molecule has 82 valence electrons. The maximum Gasteiger partial charge on any atom is 0.337 e. The standard InChI is InChI=1S/C9H8Cl2O4/c1-14-8(13)5-2-3-7(6(12)4-5)15-9(10)11/h2-4,9,12H,1H3. The van der Waals surface area contributed by atoms with Crippen molar-refractivity contribution in [3.8, 4) is 11.5 Å². The lowest BCUT2D eigenvalue weighted by Gasteiger charge is -2.08. The van der Waals surface area contributed by atoms with Crippen LogP contribution in [0.25, 0.3) is 0 Å². The highest BCUT2D eigenvalue weighted by molar-refractivity contribution is 6.43. The lowest BCUT2D eigenvalue weighted by molar-refractivity contribution is 0.0600. The maximum absolute atomic E-state index is 11.1. The molecular weight excluding hydrogens is 243 g/mol. The molecule has 0 aromatic heterocycles. The third-order valence-electron chi connectivity index (χ3n) is 1.60. The van der Waals surface area contributed by atoms with E-state index in [1.807, 2.05) is 0 Å². The Morgan fingerprint density at radius 1 is 1.47 bits per heavy atom. The first-order chi connectivity index (χ1) is 7.04. The average molecular weight is 251 g/mol. The van der Waals surface area contributed by atoms with Crippen LogP contribution in [-0.4, -0.2) is 23.2 Å². The van der Waals surface area contributed by atoms with Gasteiger partial charge in [-0.3, -0.25) is 0 Å². The van der Waals surface area contributed by atoms with Crippen LogP contribution in [0.5, 0.6) is 11.5 Å². The van der Waals surface area contributed by atoms with Crippen LogP contribution in [0.2, 0.25) is 0 Å². The van der Waals surface area contributed by atoms with Gasteiger partial charge in [0.25, 0.3) is 0 Å². The topological polar surface area (TPSA) is 55.8 Å². The molecule has 0 spiro atoms. The third kappa shape index (κ3) is 3.18. The van der Waals surface area contributed by atoms with Crippen molar-refractivity contribution in [1.82, 2.24) is 0 Å². The van der Waals surface area contributed by atoms with Crippen LogP contribution in [0.4, 0.5) is 0 Å². The fourth-order valence-electron chi connectivity index (χ4n) is 0.958. The number of aromatic hydroxyl groups is 1. The van der Waals surface area contributed by atoms with Crippen LogP contribution >= 0.6 is 23.2 Å². The summed E-state index contributed by atoms with van der Waals surface area (Å²) in [6, 6.07) is 4.01. The molecule has 1 aromatic carbocycles. The number of methoxy groups -OCH3 is 1. The summed E-state index contributed by atoms with van der Waals surface area (Å²) in [6.45, 7) is 0. The monoisotopic (exact) mass is 250 g/mol. The van der Waals surface area contributed by atoms with Crippen molar-refractivity contribution in [2.45, 2.75) is 5.02 Å². The van der Waals surface area contributed by atoms with Crippen LogP contribution < -0.4 is 4.74 Å². The Balaban J connectivity index is 2.93. The normalized spacial score (nSPS) is 10.1. The van der Waals surface area contributed by atoms with Crippen molar-refractivity contribution in [2.75, 3.05) is 7.11 Å². The van der Waals surface area contributed by atoms with Gasteiger partial charge in [-0.05, 0) is 18.2 Å². The Hall–Kier alpha value is -1.13. The second-order valence-electron chi connectivity index (χ2n) is 2.55. The van der Waals surface area contributed by atoms with Crippen LogP contribution in [-0.2, 0) is 4.74 Å². The van der Waals surface area contributed by atoms with E-state index >= 15 is 0 Å². The van der Waals surface area contributed by atoms with E-state index in [1.54, 1.807) is 0 Å². The number of phenols is 1. The first kappa shape index (κ1) is 11.9. The van der Waals surface area contributed by atoms with Crippen molar-refractivity contribution in [1.29, 1.82) is 0 Å². The molecule has 0 bridgehead atoms. The molecule has 0 saturated heterocycles. The highest BCUT2D eigenvalue weighted by Crippen LogP contribution is 2.29. The number of hydrogen-bond donors (Lipinski definition) is 1. The minimum atomic E-state index is -1.08. The highest BCUT2D eigenvalue weighted by Gasteiger charge is 2.11. The lowest BCUT2D eigenvalue weighted by Crippen LogP contribution is -2.03. The maximum atomic E-state index is 11.1. The van der Waals surface area contributed by atoms with Crippen LogP contribution in [0.15, 0.2) is 18.2 Å². The predicted molar refractivity (Wildman–Crippen MR) is 55.6 cm³/mol. The molecule has 1 aromatic rings. The van der Waals surface area contributed by atoms with E-state index in [2.05, 4.69) is 4.74 Å². The van der Waals surface area contributed by atoms with Gasteiger partial charge in [-0.25, -0.2) is 4.79 Å². The number of benzene rings is 1. The van der Waals surface area contributed by atoms with Crippen molar-refractivity contribution in [3.63, 3.8) is 0 Å². The number of carbonyl (C=O) groups excluding carboxylic acids is 1. The largest absolute Gasteiger partial charge is 0.504 e. The van der Waals surface area contributed by atoms with E-state index < -0.39 is 11.0 Å². The van der Waals surface area contributed by atoms with Crippen molar-refractivity contribution in [3.05, 3.63) is 23.8 Å². The Labute approximate surface area is 96.3 Å². The van der Waals surface area contributed by atoms with Gasteiger partial charge >= 0.3 is 5.97 Å². The molecule has 0 aliphatic carbocycles. The molecule has 4 nitrogen and oxygen atoms in total. The molecule has 0 atom stereocenters. The number of alkyl halides is 2. The fourth-order valence-corrected chi connectivity index (χ4v) is 1.15. The van der Waals surface area contributed by atoms with Gasteiger partial charge in [0.1, 0.15) is 0 Å². The van der Waals surface area contributed by atoms with Gasteiger partial charge in [0, 0.05) is 0 Å². The second kappa shape index (κ2) is 5.09. The van der Waals surface area contributed by atoms with Crippen LogP contribution in [0.3, 0.4) is 0 Å². The number of phenolic OH excluding ortho intramolecular Hbond substituents is 1. The third-order valence-corrected chi connectivity index (χ3v) is 1.77. The molecule has 0 heterocycles. The van der Waals surface area contributed by atoms with E-state index in [4.69, 9.17) is 27.9 Å². The average Bonchev–Trinajstić information content (AvgIpc) is 2.19. The molecule has 0 aliphatic heterocycles. The quantitative estimate of drug-likeness (QED) is 0.661. The van der Waals surface area contributed by atoms with E-state index in [0.29, 0.717) is 0 Å². The van der Waals surface area contributed by atoms with Crippen LogP contribution in [0, 0.1) is 0 Å². The summed E-state index contributed by atoms with van der Waals surface area (Å²) in [5.41, 5.74) is 0.211. The first-order valence-electron chi connectivity index (χ1n) is 3.90. The summed E-state index contributed by atoms with van der Waals surface area (Å²) in [7, 11) is 1.25. The molecule has 0 fully saturated rings. The number of rotatable bonds is 3. The number of hydrogen-bond acceptors (Lipinski definition) is 4. The lowest BCUT2D eigenvalue weighted by atomic mass is 10.2.